The van der Waals surface area contributed by atoms with Crippen molar-refractivity contribution in [3.8, 4) is 5.75 Å². The van der Waals surface area contributed by atoms with E-state index in [1.807, 2.05) is 18.4 Å². The van der Waals surface area contributed by atoms with Crippen molar-refractivity contribution in [3.05, 3.63) is 45.6 Å². The Kier molecular flexibility index (Phi) is 4.05. The monoisotopic (exact) mass is 291 g/mol. The van der Waals surface area contributed by atoms with Crippen molar-refractivity contribution < 1.29 is 19.4 Å². The molecule has 1 amide bonds. The maximum absolute atomic E-state index is 12.1. The van der Waals surface area contributed by atoms with Crippen molar-refractivity contribution in [3.63, 3.8) is 0 Å². The second-order valence-corrected chi connectivity index (χ2v) is 5.02. The molecule has 0 saturated heterocycles. The number of hydrogen-bond acceptors (Lipinski definition) is 4. The van der Waals surface area contributed by atoms with Crippen LogP contribution in [0.1, 0.15) is 25.6 Å². The molecule has 2 N–H and O–H groups in total. The molecular formula is C14H13NO4S. The zero-order chi connectivity index (χ0) is 14.7. The van der Waals surface area contributed by atoms with E-state index in [-0.39, 0.29) is 11.5 Å². The third-order valence-electron chi connectivity index (χ3n) is 2.76. The minimum Gasteiger partial charge on any atom is -0.495 e. The molecule has 0 atom stereocenters. The van der Waals surface area contributed by atoms with E-state index in [9.17, 15) is 9.59 Å². The average molecular weight is 291 g/mol. The van der Waals surface area contributed by atoms with Crippen LogP contribution in [0, 0.1) is 6.92 Å². The lowest BCUT2D eigenvalue weighted by molar-refractivity contribution is 0.0696. The number of aromatic carboxylic acids is 1. The molecule has 2 aromatic rings. The quantitative estimate of drug-likeness (QED) is 0.908. The third kappa shape index (κ3) is 2.80. The van der Waals surface area contributed by atoms with Gasteiger partial charge in [0.2, 0.25) is 0 Å². The molecule has 0 saturated carbocycles. The summed E-state index contributed by atoms with van der Waals surface area (Å²) in [6.45, 7) is 1.86. The number of methoxy groups -OCH3 is 1. The summed E-state index contributed by atoms with van der Waals surface area (Å²) in [5.74, 6) is -0.971. The number of carboxylic acids is 1. The fraction of sp³-hybridized carbons (Fsp3) is 0.143. The van der Waals surface area contributed by atoms with E-state index < -0.39 is 5.97 Å². The van der Waals surface area contributed by atoms with Crippen LogP contribution in [-0.2, 0) is 0 Å². The van der Waals surface area contributed by atoms with Gasteiger partial charge in [0.05, 0.1) is 23.2 Å². The molecule has 20 heavy (non-hydrogen) atoms. The maximum atomic E-state index is 12.1. The Morgan fingerprint density at radius 1 is 1.30 bits per heavy atom. The Hall–Kier alpha value is -2.34. The van der Waals surface area contributed by atoms with Gasteiger partial charge in [0, 0.05) is 0 Å². The Balaban J connectivity index is 2.27. The number of aryl methyl sites for hydroxylation is 1. The second-order valence-electron chi connectivity index (χ2n) is 4.11. The summed E-state index contributed by atoms with van der Waals surface area (Å²) in [5, 5.41) is 13.5. The van der Waals surface area contributed by atoms with Gasteiger partial charge in [0.1, 0.15) is 5.75 Å². The highest BCUT2D eigenvalue weighted by molar-refractivity contribution is 7.12. The van der Waals surface area contributed by atoms with Crippen molar-refractivity contribution in [2.45, 2.75) is 6.92 Å². The van der Waals surface area contributed by atoms with E-state index in [2.05, 4.69) is 5.32 Å². The molecule has 2 rings (SSSR count). The van der Waals surface area contributed by atoms with E-state index >= 15 is 0 Å². The topological polar surface area (TPSA) is 75.6 Å². The summed E-state index contributed by atoms with van der Waals surface area (Å²) >= 11 is 1.35. The normalized spacial score (nSPS) is 10.1. The highest BCUT2D eigenvalue weighted by atomic mass is 32.1. The van der Waals surface area contributed by atoms with Gasteiger partial charge >= 0.3 is 5.97 Å². The summed E-state index contributed by atoms with van der Waals surface area (Å²) < 4.78 is 5.11. The molecule has 0 unspecified atom stereocenters. The van der Waals surface area contributed by atoms with Crippen molar-refractivity contribution >= 4 is 28.9 Å². The molecule has 0 bridgehead atoms. The molecule has 6 heteroatoms. The number of anilines is 1. The zero-order valence-electron chi connectivity index (χ0n) is 11.0. The van der Waals surface area contributed by atoms with E-state index in [1.54, 1.807) is 0 Å². The van der Waals surface area contributed by atoms with Gasteiger partial charge in [-0.3, -0.25) is 4.79 Å². The maximum Gasteiger partial charge on any atom is 0.335 e. The minimum absolute atomic E-state index is 0.104. The van der Waals surface area contributed by atoms with Gasteiger partial charge in [0.25, 0.3) is 5.91 Å². The minimum atomic E-state index is -1.05. The number of rotatable bonds is 4. The molecule has 0 aliphatic rings. The number of thiophene rings is 1. The lowest BCUT2D eigenvalue weighted by atomic mass is 10.2. The average Bonchev–Trinajstić information content (AvgIpc) is 2.85. The van der Waals surface area contributed by atoms with Crippen LogP contribution < -0.4 is 10.1 Å². The van der Waals surface area contributed by atoms with E-state index in [0.717, 1.165) is 5.56 Å². The van der Waals surface area contributed by atoms with Crippen molar-refractivity contribution in [2.75, 3.05) is 12.4 Å². The number of ether oxygens (including phenoxy) is 1. The van der Waals surface area contributed by atoms with Gasteiger partial charge in [-0.25, -0.2) is 4.79 Å². The predicted octanol–water partition coefficient (Wildman–Crippen LogP) is 3.02. The number of nitrogens with one attached hydrogen (secondary N) is 1. The van der Waals surface area contributed by atoms with Gasteiger partial charge in [0.15, 0.2) is 0 Å². The van der Waals surface area contributed by atoms with Crippen LogP contribution >= 0.6 is 11.3 Å². The molecule has 0 radical (unpaired) electrons. The van der Waals surface area contributed by atoms with Gasteiger partial charge in [-0.2, -0.15) is 0 Å². The van der Waals surface area contributed by atoms with Gasteiger partial charge in [-0.15, -0.1) is 11.3 Å². The SMILES string of the molecule is COc1cc(C(=O)O)ccc1NC(=O)c1sccc1C. The smallest absolute Gasteiger partial charge is 0.335 e. The molecule has 5 nitrogen and oxygen atoms in total. The Bertz CT molecular complexity index is 663. The van der Waals surface area contributed by atoms with E-state index in [0.29, 0.717) is 16.3 Å². The molecular weight excluding hydrogens is 278 g/mol. The zero-order valence-corrected chi connectivity index (χ0v) is 11.8. The molecule has 1 heterocycles. The van der Waals surface area contributed by atoms with Crippen LogP contribution in [-0.4, -0.2) is 24.1 Å². The summed E-state index contributed by atoms with van der Waals surface area (Å²) in [4.78, 5) is 23.6. The van der Waals surface area contributed by atoms with Gasteiger partial charge in [-0.1, -0.05) is 0 Å². The molecule has 0 fully saturated rings. The standard InChI is InChI=1S/C14H13NO4S/c1-8-5-6-20-12(8)13(16)15-10-4-3-9(14(17)18)7-11(10)19-2/h3-7H,1-2H3,(H,15,16)(H,17,18). The number of amides is 1. The number of hydrogen-bond donors (Lipinski definition) is 2. The summed E-state index contributed by atoms with van der Waals surface area (Å²) in [5.41, 5.74) is 1.44. The first-order valence-corrected chi connectivity index (χ1v) is 6.67. The summed E-state index contributed by atoms with van der Waals surface area (Å²) in [6, 6.07) is 6.18. The number of carbonyl (C=O) groups excluding carboxylic acids is 1. The first kappa shape index (κ1) is 14.1. The van der Waals surface area contributed by atoms with E-state index in [1.165, 1.54) is 36.6 Å². The number of benzene rings is 1. The largest absolute Gasteiger partial charge is 0.495 e. The first-order valence-electron chi connectivity index (χ1n) is 5.79. The van der Waals surface area contributed by atoms with Crippen LogP contribution in [0.4, 0.5) is 5.69 Å². The van der Waals surface area contributed by atoms with Crippen LogP contribution in [0.5, 0.6) is 5.75 Å². The van der Waals surface area contributed by atoms with Gasteiger partial charge in [-0.05, 0) is 42.1 Å². The van der Waals surface area contributed by atoms with Crippen molar-refractivity contribution in [2.24, 2.45) is 0 Å². The molecule has 0 aliphatic carbocycles. The van der Waals surface area contributed by atoms with Crippen LogP contribution in [0.2, 0.25) is 0 Å². The lowest BCUT2D eigenvalue weighted by Gasteiger charge is -2.10. The fourth-order valence-electron chi connectivity index (χ4n) is 1.71. The van der Waals surface area contributed by atoms with E-state index in [4.69, 9.17) is 9.84 Å². The van der Waals surface area contributed by atoms with Crippen LogP contribution in [0.15, 0.2) is 29.6 Å². The Morgan fingerprint density at radius 2 is 2.05 bits per heavy atom. The molecule has 0 aliphatic heterocycles. The molecule has 1 aromatic carbocycles. The Morgan fingerprint density at radius 3 is 2.60 bits per heavy atom. The Labute approximate surface area is 119 Å². The summed E-state index contributed by atoms with van der Waals surface area (Å²) in [6.07, 6.45) is 0. The van der Waals surface area contributed by atoms with Gasteiger partial charge < -0.3 is 15.2 Å². The highest BCUT2D eigenvalue weighted by Crippen LogP contribution is 2.27. The van der Waals surface area contributed by atoms with Crippen molar-refractivity contribution in [1.29, 1.82) is 0 Å². The molecule has 104 valence electrons. The second kappa shape index (κ2) is 5.75. The third-order valence-corrected chi connectivity index (χ3v) is 3.78. The number of carbonyl (C=O) groups is 2. The molecule has 0 spiro atoms. The number of carboxylic acid groups (broad SMARTS) is 1. The summed E-state index contributed by atoms with van der Waals surface area (Å²) in [7, 11) is 1.42. The van der Waals surface area contributed by atoms with Crippen LogP contribution in [0.25, 0.3) is 0 Å². The molecule has 1 aromatic heterocycles. The highest BCUT2D eigenvalue weighted by Gasteiger charge is 2.14. The lowest BCUT2D eigenvalue weighted by Crippen LogP contribution is -2.12. The fourth-order valence-corrected chi connectivity index (χ4v) is 2.53. The van der Waals surface area contributed by atoms with Crippen LogP contribution in [0.3, 0.4) is 0 Å². The van der Waals surface area contributed by atoms with Crippen molar-refractivity contribution in [1.82, 2.24) is 0 Å². The first-order chi connectivity index (χ1) is 9.52. The predicted molar refractivity (Wildman–Crippen MR) is 77.0 cm³/mol.